The Morgan fingerprint density at radius 3 is 2.33 bits per heavy atom. The van der Waals surface area contributed by atoms with Gasteiger partial charge in [-0.2, -0.15) is 0 Å². The Morgan fingerprint density at radius 2 is 1.75 bits per heavy atom. The average Bonchev–Trinajstić information content (AvgIpc) is 3.28. The van der Waals surface area contributed by atoms with E-state index >= 15 is 4.39 Å². The minimum absolute atomic E-state index is 0.0972. The van der Waals surface area contributed by atoms with E-state index in [4.69, 9.17) is 46.9 Å². The van der Waals surface area contributed by atoms with Gasteiger partial charge in [0.05, 0.1) is 17.2 Å². The lowest BCUT2D eigenvalue weighted by Gasteiger charge is -2.27. The molecule has 0 radical (unpaired) electrons. The molecule has 48 heavy (non-hydrogen) atoms. The maximum absolute atomic E-state index is 16.2. The van der Waals surface area contributed by atoms with Gasteiger partial charge in [0.2, 0.25) is 0 Å². The van der Waals surface area contributed by atoms with E-state index in [0.717, 1.165) is 0 Å². The third-order valence-electron chi connectivity index (χ3n) is 7.19. The number of methoxy groups -OCH3 is 1. The highest BCUT2D eigenvalue weighted by Crippen LogP contribution is 2.36. The molecule has 2 amide bonds. The topological polar surface area (TPSA) is 176 Å². The monoisotopic (exact) mass is 718 g/mol. The number of aromatic nitrogens is 2. The number of hydrogen-bond donors (Lipinski definition) is 3. The van der Waals surface area contributed by atoms with Gasteiger partial charge in [0.15, 0.2) is 24.6 Å². The van der Waals surface area contributed by atoms with Gasteiger partial charge in [-0.25, -0.2) is 23.3 Å². The minimum atomic E-state index is -2.25. The summed E-state index contributed by atoms with van der Waals surface area (Å²) in [6.07, 6.45) is -7.79. The Kier molecular flexibility index (Phi) is 12.9. The van der Waals surface area contributed by atoms with Gasteiger partial charge in [-0.1, -0.05) is 44.0 Å². The molecule has 0 unspecified atom stereocenters. The summed E-state index contributed by atoms with van der Waals surface area (Å²) in [6.45, 7) is 10.8. The molecule has 0 aliphatic carbocycles. The van der Waals surface area contributed by atoms with E-state index in [1.165, 1.54) is 32.4 Å². The van der Waals surface area contributed by atoms with Crippen LogP contribution >= 0.6 is 23.2 Å². The van der Waals surface area contributed by atoms with Crippen LogP contribution in [0.5, 0.6) is 11.5 Å². The summed E-state index contributed by atoms with van der Waals surface area (Å²) in [4.78, 5) is 67.1. The number of alkyl halides is 1. The first kappa shape index (κ1) is 38.6. The van der Waals surface area contributed by atoms with Gasteiger partial charge in [-0.15, -0.1) is 0 Å². The van der Waals surface area contributed by atoms with Crippen molar-refractivity contribution in [3.05, 3.63) is 54.8 Å². The highest BCUT2D eigenvalue weighted by Gasteiger charge is 2.50. The molecule has 2 heterocycles. The van der Waals surface area contributed by atoms with Gasteiger partial charge in [0.1, 0.15) is 29.2 Å². The maximum atomic E-state index is 16.2. The number of esters is 1. The number of benzene rings is 1. The number of nitrogens with one attached hydrogen (secondary N) is 3. The van der Waals surface area contributed by atoms with Crippen molar-refractivity contribution in [1.82, 2.24) is 20.2 Å². The number of carbonyl (C=O) groups is 3. The molecule has 14 nitrogen and oxygen atoms in total. The van der Waals surface area contributed by atoms with Crippen molar-refractivity contribution < 1.29 is 42.5 Å². The molecule has 17 heteroatoms. The van der Waals surface area contributed by atoms with E-state index < -0.39 is 84.0 Å². The number of aryl methyl sites for hydroxylation is 1. The third-order valence-corrected chi connectivity index (χ3v) is 7.78. The van der Waals surface area contributed by atoms with E-state index in [2.05, 4.69) is 15.6 Å². The Morgan fingerprint density at radius 1 is 1.10 bits per heavy atom. The number of alkyl carbamates (subject to hydrolysis) is 1. The Bertz CT molecular complexity index is 1610. The zero-order valence-electron chi connectivity index (χ0n) is 27.9. The molecule has 6 atom stereocenters. The van der Waals surface area contributed by atoms with Crippen molar-refractivity contribution >= 4 is 41.2 Å². The molecule has 1 aliphatic heterocycles. The minimum Gasteiger partial charge on any atom is -0.495 e. The number of hydrogen-bond acceptors (Lipinski definition) is 10. The second-order valence-electron chi connectivity index (χ2n) is 12.3. The predicted molar refractivity (Wildman–Crippen MR) is 173 cm³/mol. The molecule has 1 saturated heterocycles. The van der Waals surface area contributed by atoms with Crippen LogP contribution in [0.4, 0.5) is 9.18 Å². The number of halogens is 3. The summed E-state index contributed by atoms with van der Waals surface area (Å²) in [5, 5.41) is 5.32. The molecule has 3 rings (SSSR count). The molecule has 0 bridgehead atoms. The average molecular weight is 720 g/mol. The number of aromatic amines is 1. The molecule has 266 valence electrons. The fourth-order valence-electron chi connectivity index (χ4n) is 4.70. The molecule has 1 aliphatic rings. The van der Waals surface area contributed by atoms with Crippen LogP contribution in [0.25, 0.3) is 0 Å². The second kappa shape index (κ2) is 16.1. The summed E-state index contributed by atoms with van der Waals surface area (Å²) in [5.41, 5.74) is -2.44. The number of carbonyl (C=O) groups excluding carboxylic acids is 3. The van der Waals surface area contributed by atoms with Crippen molar-refractivity contribution in [2.75, 3.05) is 13.7 Å². The summed E-state index contributed by atoms with van der Waals surface area (Å²) in [5.74, 6) is -1.90. The Balaban J connectivity index is 1.87. The number of H-pyrrole nitrogens is 1. The lowest BCUT2D eigenvalue weighted by Crippen LogP contribution is -2.50. The Hall–Kier alpha value is -3.82. The number of nitrogens with zero attached hydrogens (tertiary/aromatic N) is 1. The molecule has 2 aromatic rings. The molecule has 1 aromatic heterocycles. The van der Waals surface area contributed by atoms with E-state index in [0.29, 0.717) is 4.57 Å². The van der Waals surface area contributed by atoms with Gasteiger partial charge in [0, 0.05) is 24.4 Å². The van der Waals surface area contributed by atoms with Crippen LogP contribution in [-0.2, 0) is 30.2 Å². The second-order valence-corrected chi connectivity index (χ2v) is 13.2. The van der Waals surface area contributed by atoms with E-state index in [1.807, 2.05) is 0 Å². The van der Waals surface area contributed by atoms with Crippen LogP contribution in [-0.4, -0.2) is 77.3 Å². The Labute approximate surface area is 286 Å². The van der Waals surface area contributed by atoms with Crippen LogP contribution in [0.3, 0.4) is 0 Å². The van der Waals surface area contributed by atoms with Crippen molar-refractivity contribution in [2.45, 2.75) is 97.2 Å². The zero-order chi connectivity index (χ0) is 36.1. The van der Waals surface area contributed by atoms with Gasteiger partial charge in [-0.05, 0) is 46.1 Å². The molecule has 3 N–H and O–H groups in total. The molecule has 1 aromatic carbocycles. The lowest BCUT2D eigenvalue weighted by molar-refractivity contribution is -0.157. The van der Waals surface area contributed by atoms with Crippen molar-refractivity contribution in [2.24, 2.45) is 5.92 Å². The van der Waals surface area contributed by atoms with Crippen LogP contribution in [0.1, 0.15) is 60.3 Å². The predicted octanol–water partition coefficient (Wildman–Crippen LogP) is 3.69. The first-order chi connectivity index (χ1) is 22.4. The van der Waals surface area contributed by atoms with Gasteiger partial charge >= 0.3 is 17.8 Å². The van der Waals surface area contributed by atoms with Crippen molar-refractivity contribution in [1.29, 1.82) is 0 Å². The lowest BCUT2D eigenvalue weighted by atomic mass is 10.0. The van der Waals surface area contributed by atoms with Crippen molar-refractivity contribution in [3.63, 3.8) is 0 Å². The summed E-state index contributed by atoms with van der Waals surface area (Å²) >= 11 is 12.3. The fourth-order valence-corrected chi connectivity index (χ4v) is 5.21. The molecular formula is C31H41Cl2FN4O10. The van der Waals surface area contributed by atoms with Gasteiger partial charge in [-0.3, -0.25) is 9.59 Å². The molecule has 1 fully saturated rings. The number of rotatable bonds is 12. The smallest absolute Gasteiger partial charge is 0.408 e. The van der Waals surface area contributed by atoms with Crippen molar-refractivity contribution in [3.8, 4) is 11.5 Å². The molecule has 0 spiro atoms. The molecular weight excluding hydrogens is 678 g/mol. The van der Waals surface area contributed by atoms with Crippen LogP contribution < -0.4 is 31.4 Å². The largest absolute Gasteiger partial charge is 0.495 e. The first-order valence-electron chi connectivity index (χ1n) is 15.2. The molecule has 0 saturated carbocycles. The normalized spacial score (nSPS) is 20.5. The first-order valence-corrected chi connectivity index (χ1v) is 15.9. The quantitative estimate of drug-likeness (QED) is 0.274. The summed E-state index contributed by atoms with van der Waals surface area (Å²) in [7, 11) is 1.39. The van der Waals surface area contributed by atoms with E-state index in [1.54, 1.807) is 41.5 Å². The standard InChI is InChI=1S/C31H41Cl2FN4O10/c1-9-16-12-36-29(42)38(26(16)40)27-22(34)24(47-28(41)23(14(2)3)37-30(43)48-31(5,6)7)21(46-27)13-35-25(39)15(4)45-20-11-19(44-8)17(32)10-18(20)33/h10-12,14-15,21-24,27H,9,13H2,1-8H3,(H,35,39)(H,36,42)(H,37,43)/t15-,21+,22-,23+,24+,27+/m0/s1. The fraction of sp³-hybridized carbons (Fsp3) is 0.581. The maximum Gasteiger partial charge on any atom is 0.408 e. The number of amides is 2. The highest BCUT2D eigenvalue weighted by molar-refractivity contribution is 6.36. The van der Waals surface area contributed by atoms with Gasteiger partial charge < -0.3 is 39.3 Å². The SMILES string of the molecule is CCc1c[nH]c(=O)n([C@@H]2O[C@H](CNC(=O)[C@H](C)Oc3cc(OC)c(Cl)cc3Cl)[C@@H](OC(=O)[C@H](NC(=O)OC(C)(C)C)C(C)C)[C@@H]2F)c1=O. The van der Waals surface area contributed by atoms with Gasteiger partial charge in [0.25, 0.3) is 11.5 Å². The van der Waals surface area contributed by atoms with Crippen LogP contribution in [0, 0.1) is 5.92 Å². The van der Waals surface area contributed by atoms with E-state index in [9.17, 15) is 24.0 Å². The summed E-state index contributed by atoms with van der Waals surface area (Å²) in [6, 6.07) is 1.51. The van der Waals surface area contributed by atoms with E-state index in [-0.39, 0.29) is 33.5 Å². The summed E-state index contributed by atoms with van der Waals surface area (Å²) < 4.78 is 44.2. The zero-order valence-corrected chi connectivity index (χ0v) is 29.4. The van der Waals surface area contributed by atoms with Crippen LogP contribution in [0.15, 0.2) is 27.9 Å². The third kappa shape index (κ3) is 9.41. The number of ether oxygens (including phenoxy) is 5. The van der Waals surface area contributed by atoms with Crippen LogP contribution in [0.2, 0.25) is 10.0 Å². The highest BCUT2D eigenvalue weighted by atomic mass is 35.5.